The van der Waals surface area contributed by atoms with Crippen LogP contribution in [-0.2, 0) is 21.9 Å². The summed E-state index contributed by atoms with van der Waals surface area (Å²) in [6.45, 7) is 0. The average molecular weight is 305 g/mol. The first-order valence-corrected chi connectivity index (χ1v) is 9.17. The van der Waals surface area contributed by atoms with E-state index in [4.69, 9.17) is 0 Å². The third-order valence-electron chi connectivity index (χ3n) is 5.01. The zero-order chi connectivity index (χ0) is 15.1. The van der Waals surface area contributed by atoms with Gasteiger partial charge in [-0.15, -0.1) is 0 Å². The normalized spacial score (nSPS) is 34.7. The first-order chi connectivity index (χ1) is 9.93. The Balaban J connectivity index is 2.18. The van der Waals surface area contributed by atoms with Crippen LogP contribution < -0.4 is 0 Å². The quantitative estimate of drug-likeness (QED) is 0.804. The summed E-state index contributed by atoms with van der Waals surface area (Å²) >= 11 is 0. The zero-order valence-corrected chi connectivity index (χ0v) is 12.7. The van der Waals surface area contributed by atoms with Crippen molar-refractivity contribution in [2.24, 2.45) is 5.41 Å². The number of benzene rings is 1. The Morgan fingerprint density at radius 3 is 2.62 bits per heavy atom. The second-order valence-electron chi connectivity index (χ2n) is 6.26. The van der Waals surface area contributed by atoms with Crippen LogP contribution in [0.15, 0.2) is 24.3 Å². The molecule has 0 radical (unpaired) electrons. The van der Waals surface area contributed by atoms with Gasteiger partial charge in [0.25, 0.3) is 0 Å². The van der Waals surface area contributed by atoms with Crippen LogP contribution >= 0.6 is 0 Å². The lowest BCUT2D eigenvalue weighted by molar-refractivity contribution is -0.0576. The molecule has 3 rings (SSSR count). The van der Waals surface area contributed by atoms with E-state index < -0.39 is 20.9 Å². The standard InChI is InChI=1S/C16H19NO3S/c17-11-15(9-10-21(19,20)12-15)16(18)8-4-3-6-13-5-1-2-7-14(13)16/h1-2,5,7,18H,3-4,6,8-10,12H2. The summed E-state index contributed by atoms with van der Waals surface area (Å²) in [6.07, 6.45) is 3.29. The van der Waals surface area contributed by atoms with Gasteiger partial charge in [-0.2, -0.15) is 5.26 Å². The van der Waals surface area contributed by atoms with Crippen LogP contribution in [0.5, 0.6) is 0 Å². The fourth-order valence-electron chi connectivity index (χ4n) is 3.83. The lowest BCUT2D eigenvalue weighted by Gasteiger charge is -2.40. The first-order valence-electron chi connectivity index (χ1n) is 7.35. The highest BCUT2D eigenvalue weighted by Crippen LogP contribution is 2.52. The molecule has 2 unspecified atom stereocenters. The predicted molar refractivity (Wildman–Crippen MR) is 79.2 cm³/mol. The Bertz CT molecular complexity index is 706. The number of hydrogen-bond donors (Lipinski definition) is 1. The number of fused-ring (bicyclic) bond motifs is 1. The molecule has 1 fully saturated rings. The van der Waals surface area contributed by atoms with Crippen molar-refractivity contribution < 1.29 is 13.5 Å². The van der Waals surface area contributed by atoms with E-state index in [1.165, 1.54) is 0 Å². The molecular weight excluding hydrogens is 286 g/mol. The van der Waals surface area contributed by atoms with Crippen LogP contribution in [0.4, 0.5) is 0 Å². The fourth-order valence-corrected chi connectivity index (χ4v) is 5.83. The van der Waals surface area contributed by atoms with Crippen LogP contribution in [-0.4, -0.2) is 25.0 Å². The highest BCUT2D eigenvalue weighted by molar-refractivity contribution is 7.91. The molecule has 2 atom stereocenters. The topological polar surface area (TPSA) is 78.2 Å². The van der Waals surface area contributed by atoms with Crippen molar-refractivity contribution in [1.29, 1.82) is 5.26 Å². The molecule has 21 heavy (non-hydrogen) atoms. The monoisotopic (exact) mass is 305 g/mol. The number of nitriles is 1. The van der Waals surface area contributed by atoms with Crippen molar-refractivity contribution >= 4 is 9.84 Å². The summed E-state index contributed by atoms with van der Waals surface area (Å²) in [6, 6.07) is 9.78. The van der Waals surface area contributed by atoms with Crippen molar-refractivity contribution in [1.82, 2.24) is 0 Å². The van der Waals surface area contributed by atoms with Gasteiger partial charge in [-0.1, -0.05) is 24.3 Å². The lowest BCUT2D eigenvalue weighted by Crippen LogP contribution is -2.46. The van der Waals surface area contributed by atoms with Crippen molar-refractivity contribution in [2.45, 2.75) is 37.7 Å². The van der Waals surface area contributed by atoms with E-state index in [1.54, 1.807) is 0 Å². The Kier molecular flexibility index (Phi) is 3.34. The van der Waals surface area contributed by atoms with Gasteiger partial charge < -0.3 is 5.11 Å². The largest absolute Gasteiger partial charge is 0.383 e. The van der Waals surface area contributed by atoms with Gasteiger partial charge in [-0.25, -0.2) is 8.42 Å². The molecule has 1 aromatic rings. The number of hydrogen-bond acceptors (Lipinski definition) is 4. The van der Waals surface area contributed by atoms with Crippen LogP contribution in [0.25, 0.3) is 0 Å². The molecular formula is C16H19NO3S. The molecule has 1 aliphatic carbocycles. The van der Waals surface area contributed by atoms with E-state index in [1.807, 2.05) is 24.3 Å². The molecule has 2 aliphatic rings. The van der Waals surface area contributed by atoms with Gasteiger partial charge in [-0.05, 0) is 43.2 Å². The van der Waals surface area contributed by atoms with E-state index in [9.17, 15) is 18.8 Å². The molecule has 1 aliphatic heterocycles. The summed E-state index contributed by atoms with van der Waals surface area (Å²) in [7, 11) is -3.25. The third kappa shape index (κ3) is 2.18. The van der Waals surface area contributed by atoms with Crippen LogP contribution in [0.1, 0.15) is 36.8 Å². The molecule has 0 amide bonds. The Hall–Kier alpha value is -1.38. The highest BCUT2D eigenvalue weighted by atomic mass is 32.2. The zero-order valence-electron chi connectivity index (χ0n) is 11.9. The summed E-state index contributed by atoms with van der Waals surface area (Å²) in [5, 5.41) is 21.1. The minimum atomic E-state index is -3.25. The molecule has 4 nitrogen and oxygen atoms in total. The smallest absolute Gasteiger partial charge is 0.152 e. The number of nitrogens with zero attached hydrogens (tertiary/aromatic N) is 1. The van der Waals surface area contributed by atoms with Gasteiger partial charge in [0.2, 0.25) is 0 Å². The van der Waals surface area contributed by atoms with E-state index in [0.29, 0.717) is 6.42 Å². The number of rotatable bonds is 1. The fraction of sp³-hybridized carbons (Fsp3) is 0.562. The van der Waals surface area contributed by atoms with Crippen LogP contribution in [0.3, 0.4) is 0 Å². The number of sulfone groups is 1. The SMILES string of the molecule is N#CC1(C2(O)CCCCc3ccccc32)CCS(=O)(=O)C1. The third-order valence-corrected chi connectivity index (χ3v) is 6.77. The van der Waals surface area contributed by atoms with Gasteiger partial charge in [-0.3, -0.25) is 0 Å². The second kappa shape index (κ2) is 4.82. The van der Waals surface area contributed by atoms with E-state index in [0.717, 1.165) is 30.4 Å². The van der Waals surface area contributed by atoms with Crippen molar-refractivity contribution in [3.63, 3.8) is 0 Å². The molecule has 1 aromatic carbocycles. The van der Waals surface area contributed by atoms with Gasteiger partial charge in [0, 0.05) is 0 Å². The molecule has 1 saturated heterocycles. The average Bonchev–Trinajstić information content (AvgIpc) is 2.70. The molecule has 0 spiro atoms. The van der Waals surface area contributed by atoms with Crippen molar-refractivity contribution in [2.75, 3.05) is 11.5 Å². The van der Waals surface area contributed by atoms with Crippen LogP contribution in [0.2, 0.25) is 0 Å². The van der Waals surface area contributed by atoms with E-state index in [-0.39, 0.29) is 17.9 Å². The lowest BCUT2D eigenvalue weighted by atomic mass is 9.66. The van der Waals surface area contributed by atoms with Gasteiger partial charge in [0.15, 0.2) is 9.84 Å². The second-order valence-corrected chi connectivity index (χ2v) is 8.44. The maximum atomic E-state index is 11.9. The van der Waals surface area contributed by atoms with Crippen molar-refractivity contribution in [3.8, 4) is 6.07 Å². The first kappa shape index (κ1) is 14.6. The molecule has 0 bridgehead atoms. The maximum Gasteiger partial charge on any atom is 0.152 e. The molecule has 0 saturated carbocycles. The van der Waals surface area contributed by atoms with Gasteiger partial charge >= 0.3 is 0 Å². The summed E-state index contributed by atoms with van der Waals surface area (Å²) in [5.41, 5.74) is -0.789. The van der Waals surface area contributed by atoms with E-state index in [2.05, 4.69) is 6.07 Å². The number of aliphatic hydroxyl groups is 1. The van der Waals surface area contributed by atoms with Gasteiger partial charge in [0.1, 0.15) is 11.0 Å². The Morgan fingerprint density at radius 1 is 1.19 bits per heavy atom. The minimum absolute atomic E-state index is 0.00889. The Labute approximate surface area is 125 Å². The molecule has 0 aromatic heterocycles. The van der Waals surface area contributed by atoms with Crippen molar-refractivity contribution in [3.05, 3.63) is 35.4 Å². The Morgan fingerprint density at radius 2 is 1.95 bits per heavy atom. The van der Waals surface area contributed by atoms with E-state index >= 15 is 0 Å². The summed E-state index contributed by atoms with van der Waals surface area (Å²) < 4.78 is 23.9. The minimum Gasteiger partial charge on any atom is -0.383 e. The van der Waals surface area contributed by atoms with Crippen LogP contribution in [0, 0.1) is 16.7 Å². The summed E-state index contributed by atoms with van der Waals surface area (Å²) in [5.74, 6) is -0.244. The maximum absolute atomic E-state index is 11.9. The molecule has 1 heterocycles. The molecule has 112 valence electrons. The molecule has 1 N–H and O–H groups in total. The summed E-state index contributed by atoms with van der Waals surface area (Å²) in [4.78, 5) is 0. The predicted octanol–water partition coefficient (Wildman–Crippen LogP) is 1.93. The highest BCUT2D eigenvalue weighted by Gasteiger charge is 2.58. The number of aryl methyl sites for hydroxylation is 1. The molecule has 5 heteroatoms. The van der Waals surface area contributed by atoms with Gasteiger partial charge in [0.05, 0.1) is 17.6 Å².